The third kappa shape index (κ3) is 2.48. The summed E-state index contributed by atoms with van der Waals surface area (Å²) in [5.74, 6) is -0.408. The molecule has 0 aliphatic rings. The predicted octanol–water partition coefficient (Wildman–Crippen LogP) is 0.728. The summed E-state index contributed by atoms with van der Waals surface area (Å²) in [5.41, 5.74) is 3.31. The number of benzene rings is 2. The van der Waals surface area contributed by atoms with E-state index in [4.69, 9.17) is 20.4 Å². The third-order valence-electron chi connectivity index (χ3n) is 2.67. The van der Waals surface area contributed by atoms with Crippen molar-refractivity contribution in [1.82, 2.24) is 0 Å². The minimum absolute atomic E-state index is 0.408. The zero-order chi connectivity index (χ0) is 13.1. The molecule has 0 amide bonds. The molecule has 18 heavy (non-hydrogen) atoms. The Morgan fingerprint density at radius 2 is 1.61 bits per heavy atom. The Balaban J connectivity index is 2.56. The molecule has 0 saturated heterocycles. The van der Waals surface area contributed by atoms with Crippen molar-refractivity contribution in [2.24, 2.45) is 0 Å². The minimum Gasteiger partial charge on any atom is -0.465 e. The first-order chi connectivity index (χ1) is 8.61. The summed E-state index contributed by atoms with van der Waals surface area (Å²) in [6, 6.07) is 12.4. The van der Waals surface area contributed by atoms with E-state index in [2.05, 4.69) is 0 Å². The maximum Gasteiger partial charge on any atom is 0.338 e. The molecule has 4 heteroatoms. The molecule has 0 aliphatic heterocycles. The Labute approximate surface area is 109 Å². The van der Waals surface area contributed by atoms with Crippen LogP contribution < -0.4 is 10.9 Å². The monoisotopic (exact) mass is 232 g/mol. The number of methoxy groups -OCH3 is 1. The van der Waals surface area contributed by atoms with Gasteiger partial charge >= 0.3 is 5.97 Å². The summed E-state index contributed by atoms with van der Waals surface area (Å²) < 4.78 is 4.76. The van der Waals surface area contributed by atoms with Gasteiger partial charge in [0.15, 0.2) is 0 Å². The van der Waals surface area contributed by atoms with Crippen LogP contribution in [0.5, 0.6) is 0 Å². The Hall–Kier alpha value is -1.96. The van der Waals surface area contributed by atoms with Gasteiger partial charge < -0.3 is 4.74 Å². The van der Waals surface area contributed by atoms with Crippen molar-refractivity contribution in [3.8, 4) is 11.1 Å². The summed E-state index contributed by atoms with van der Waals surface area (Å²) in [6.45, 7) is 0. The van der Waals surface area contributed by atoms with Gasteiger partial charge in [0.25, 0.3) is 0 Å². The van der Waals surface area contributed by atoms with Crippen LogP contribution in [-0.2, 0) is 4.74 Å². The molecule has 0 heterocycles. The number of carbonyl (C=O) groups is 1. The summed E-state index contributed by atoms with van der Waals surface area (Å²) in [5, 5.41) is 0. The van der Waals surface area contributed by atoms with E-state index in [1.165, 1.54) is 7.11 Å². The first kappa shape index (κ1) is 12.5. The van der Waals surface area contributed by atoms with E-state index in [0.717, 1.165) is 11.1 Å². The molecule has 0 aliphatic carbocycles. The van der Waals surface area contributed by atoms with Crippen LogP contribution in [0, 0.1) is 0 Å². The van der Waals surface area contributed by atoms with E-state index < -0.39 is 5.97 Å². The van der Waals surface area contributed by atoms with E-state index in [-0.39, 0.29) is 0 Å². The van der Waals surface area contributed by atoms with Gasteiger partial charge in [-0.15, -0.1) is 0 Å². The molecular weight excluding hydrogens is 222 g/mol. The van der Waals surface area contributed by atoms with Gasteiger partial charge in [0.1, 0.15) is 15.7 Å². The first-order valence-corrected chi connectivity index (χ1v) is 5.45. The van der Waals surface area contributed by atoms with E-state index in [0.29, 0.717) is 16.5 Å². The SMILES string of the molecule is [B]c1ccc(-c2ccc([B])cc2C(=O)OC)cc1. The Bertz CT molecular complexity index is 577. The summed E-state index contributed by atoms with van der Waals surface area (Å²) in [6.07, 6.45) is 0. The number of hydrogen-bond donors (Lipinski definition) is 0. The fourth-order valence-corrected chi connectivity index (χ4v) is 1.76. The molecular formula is C14H10B2O2. The fraction of sp³-hybridized carbons (Fsp3) is 0.0714. The molecule has 0 N–H and O–H groups in total. The standard InChI is InChI=1S/C14H10B2O2/c1-18-14(17)13-8-11(16)6-7-12(13)9-2-4-10(15)5-3-9/h2-8H,1H3. The number of ether oxygens (including phenoxy) is 1. The lowest BCUT2D eigenvalue weighted by Crippen LogP contribution is -2.10. The zero-order valence-corrected chi connectivity index (χ0v) is 10.0. The van der Waals surface area contributed by atoms with E-state index in [1.54, 1.807) is 30.3 Å². The highest BCUT2D eigenvalue weighted by molar-refractivity contribution is 6.33. The topological polar surface area (TPSA) is 26.3 Å². The van der Waals surface area contributed by atoms with Crippen molar-refractivity contribution < 1.29 is 9.53 Å². The largest absolute Gasteiger partial charge is 0.465 e. The second-order valence-corrected chi connectivity index (χ2v) is 3.92. The van der Waals surface area contributed by atoms with E-state index >= 15 is 0 Å². The summed E-state index contributed by atoms with van der Waals surface area (Å²) in [4.78, 5) is 11.7. The number of carbonyl (C=O) groups excluding carboxylic acids is 1. The second-order valence-electron chi connectivity index (χ2n) is 3.92. The van der Waals surface area contributed by atoms with Gasteiger partial charge in [-0.25, -0.2) is 4.79 Å². The lowest BCUT2D eigenvalue weighted by molar-refractivity contribution is 0.0601. The first-order valence-electron chi connectivity index (χ1n) is 5.45. The van der Waals surface area contributed by atoms with Crippen LogP contribution in [0.3, 0.4) is 0 Å². The minimum atomic E-state index is -0.408. The van der Waals surface area contributed by atoms with Crippen LogP contribution in [0.1, 0.15) is 10.4 Å². The summed E-state index contributed by atoms with van der Waals surface area (Å²) >= 11 is 0. The molecule has 2 rings (SSSR count). The second kappa shape index (κ2) is 5.13. The molecule has 0 fully saturated rings. The normalized spacial score (nSPS) is 10.1. The average molecular weight is 232 g/mol. The van der Waals surface area contributed by atoms with Crippen molar-refractivity contribution >= 4 is 32.6 Å². The van der Waals surface area contributed by atoms with Crippen LogP contribution in [0.4, 0.5) is 0 Å². The van der Waals surface area contributed by atoms with Crippen molar-refractivity contribution in [3.63, 3.8) is 0 Å². The Morgan fingerprint density at radius 1 is 1.00 bits per heavy atom. The Morgan fingerprint density at radius 3 is 2.22 bits per heavy atom. The van der Waals surface area contributed by atoms with Crippen molar-refractivity contribution in [2.45, 2.75) is 0 Å². The fourth-order valence-electron chi connectivity index (χ4n) is 1.76. The molecule has 0 aromatic heterocycles. The summed E-state index contributed by atoms with van der Waals surface area (Å²) in [7, 11) is 12.7. The van der Waals surface area contributed by atoms with Gasteiger partial charge in [0.2, 0.25) is 0 Å². The number of hydrogen-bond acceptors (Lipinski definition) is 2. The van der Waals surface area contributed by atoms with Crippen LogP contribution in [-0.4, -0.2) is 28.8 Å². The highest BCUT2D eigenvalue weighted by atomic mass is 16.5. The van der Waals surface area contributed by atoms with E-state index in [1.807, 2.05) is 12.1 Å². The highest BCUT2D eigenvalue weighted by Gasteiger charge is 2.12. The van der Waals surface area contributed by atoms with Crippen LogP contribution in [0.2, 0.25) is 0 Å². The molecule has 2 nitrogen and oxygen atoms in total. The quantitative estimate of drug-likeness (QED) is 0.563. The maximum atomic E-state index is 11.7. The molecule has 2 aromatic rings. The maximum absolute atomic E-state index is 11.7. The molecule has 4 radical (unpaired) electrons. The van der Waals surface area contributed by atoms with Crippen molar-refractivity contribution in [3.05, 3.63) is 48.0 Å². The van der Waals surface area contributed by atoms with Crippen LogP contribution >= 0.6 is 0 Å². The third-order valence-corrected chi connectivity index (χ3v) is 2.67. The van der Waals surface area contributed by atoms with Gasteiger partial charge in [-0.3, -0.25) is 0 Å². The smallest absolute Gasteiger partial charge is 0.338 e. The van der Waals surface area contributed by atoms with Crippen LogP contribution in [0.25, 0.3) is 11.1 Å². The number of esters is 1. The molecule has 2 aromatic carbocycles. The molecule has 0 bridgehead atoms. The zero-order valence-electron chi connectivity index (χ0n) is 10.0. The molecule has 0 unspecified atom stereocenters. The van der Waals surface area contributed by atoms with Gasteiger partial charge in [0.05, 0.1) is 12.7 Å². The van der Waals surface area contributed by atoms with Gasteiger partial charge in [-0.2, -0.15) is 0 Å². The van der Waals surface area contributed by atoms with Gasteiger partial charge in [-0.05, 0) is 11.1 Å². The van der Waals surface area contributed by atoms with Crippen molar-refractivity contribution in [1.29, 1.82) is 0 Å². The lowest BCUT2D eigenvalue weighted by Gasteiger charge is -2.09. The Kier molecular flexibility index (Phi) is 3.56. The predicted molar refractivity (Wildman–Crippen MR) is 74.0 cm³/mol. The lowest BCUT2D eigenvalue weighted by atomic mass is 9.88. The van der Waals surface area contributed by atoms with Crippen LogP contribution in [0.15, 0.2) is 42.5 Å². The molecule has 0 saturated carbocycles. The van der Waals surface area contributed by atoms with Crippen molar-refractivity contribution in [2.75, 3.05) is 7.11 Å². The van der Waals surface area contributed by atoms with E-state index in [9.17, 15) is 4.79 Å². The molecule has 84 valence electrons. The highest BCUT2D eigenvalue weighted by Crippen LogP contribution is 2.22. The van der Waals surface area contributed by atoms with Gasteiger partial charge in [-0.1, -0.05) is 53.4 Å². The average Bonchev–Trinajstić information content (AvgIpc) is 2.39. The number of rotatable bonds is 2. The van der Waals surface area contributed by atoms with Gasteiger partial charge in [0, 0.05) is 0 Å². The molecule has 0 spiro atoms. The molecule has 0 atom stereocenters.